The average molecular weight is 433 g/mol. The molecule has 10 heteroatoms. The Morgan fingerprint density at radius 1 is 1.03 bits per heavy atom. The van der Waals surface area contributed by atoms with Gasteiger partial charge in [-0.05, 0) is 24.8 Å². The van der Waals surface area contributed by atoms with Gasteiger partial charge in [0.25, 0.3) is 11.8 Å². The minimum absolute atomic E-state index is 0.0177. The molecule has 2 rings (SSSR count). The second kappa shape index (κ2) is 10.5. The number of hydrogen-bond donors (Lipinski definition) is 2. The third kappa shape index (κ3) is 7.40. The fraction of sp³-hybridized carbons (Fsp3) is 0.750. The maximum absolute atomic E-state index is 12.4. The van der Waals surface area contributed by atoms with E-state index in [4.69, 9.17) is 4.84 Å². The molecule has 30 heavy (non-hydrogen) atoms. The molecule has 10 nitrogen and oxygen atoms in total. The maximum atomic E-state index is 12.4. The van der Waals surface area contributed by atoms with Gasteiger partial charge in [-0.2, -0.15) is 0 Å². The summed E-state index contributed by atoms with van der Waals surface area (Å²) >= 11 is 0. The summed E-state index contributed by atoms with van der Waals surface area (Å²) in [7, 11) is 0. The predicted octanol–water partition coefficient (Wildman–Crippen LogP) is 0.117. The molecular weight excluding hydrogens is 401 g/mol. The Balaban J connectivity index is 1.60. The summed E-state index contributed by atoms with van der Waals surface area (Å²) in [6.45, 7) is 8.40. The lowest BCUT2D eigenvalue weighted by molar-refractivity contribution is -0.197. The zero-order chi connectivity index (χ0) is 22.3. The van der Waals surface area contributed by atoms with Crippen molar-refractivity contribution in [1.29, 1.82) is 0 Å². The molecule has 0 radical (unpaired) electrons. The van der Waals surface area contributed by atoms with Crippen LogP contribution in [0.15, 0.2) is 0 Å². The number of carbonyl (C=O) groups excluding carboxylic acids is 5. The van der Waals surface area contributed by atoms with Crippen LogP contribution in [0.5, 0.6) is 0 Å². The molecule has 0 bridgehead atoms. The average Bonchev–Trinajstić information content (AvgIpc) is 3.21. The second-order valence-electron chi connectivity index (χ2n) is 8.88. The van der Waals surface area contributed by atoms with Crippen molar-refractivity contribution in [3.63, 3.8) is 0 Å². The standard InChI is InChI=1S/C20H32N4O6/c1-20(2,3)13-23-12-4-5-14(23)19(29)22-10-8-15(25)21-11-9-18(28)30-24-16(26)6-7-17(24)27/h14H,4-13H2,1-3H3,(H,21,25)(H,22,29)/i1+1,2+1,3+1,8+1,10+1,13+1,15+1,21+1,22+1. The molecule has 2 heterocycles. The van der Waals surface area contributed by atoms with Crippen molar-refractivity contribution in [1.82, 2.24) is 20.6 Å². The molecule has 0 aliphatic carbocycles. The number of rotatable bonds is 9. The number of amides is 4. The minimum atomic E-state index is -0.771. The molecule has 0 aromatic rings. The zero-order valence-electron chi connectivity index (χ0n) is 18.0. The second-order valence-corrected chi connectivity index (χ2v) is 8.88. The van der Waals surface area contributed by atoms with Crippen LogP contribution in [0.2, 0.25) is 0 Å². The molecule has 0 aromatic heterocycles. The first-order valence-electron chi connectivity index (χ1n) is 10.4. The fourth-order valence-electron chi connectivity index (χ4n) is 3.54. The van der Waals surface area contributed by atoms with Crippen LogP contribution in [0, 0.1) is 5.41 Å². The monoisotopic (exact) mass is 433 g/mol. The molecule has 2 saturated heterocycles. The molecule has 2 N–H and O–H groups in total. The predicted molar refractivity (Wildman–Crippen MR) is 106 cm³/mol. The molecule has 0 spiro atoms. The Morgan fingerprint density at radius 3 is 2.30 bits per heavy atom. The van der Waals surface area contributed by atoms with Gasteiger partial charge in [0, 0.05) is 38.9 Å². The van der Waals surface area contributed by atoms with Gasteiger partial charge in [0.05, 0.1) is 12.5 Å². The van der Waals surface area contributed by atoms with Crippen molar-refractivity contribution >= 4 is 29.6 Å². The molecule has 0 aromatic carbocycles. The van der Waals surface area contributed by atoms with Crippen molar-refractivity contribution in [3.8, 4) is 0 Å². The van der Waals surface area contributed by atoms with Crippen LogP contribution in [0.3, 0.4) is 0 Å². The quantitative estimate of drug-likeness (QED) is 0.301. The van der Waals surface area contributed by atoms with Gasteiger partial charge in [-0.1, -0.05) is 20.8 Å². The van der Waals surface area contributed by atoms with Gasteiger partial charge in [0.2, 0.25) is 11.8 Å². The first kappa shape index (κ1) is 23.8. The van der Waals surface area contributed by atoms with E-state index in [9.17, 15) is 24.0 Å². The van der Waals surface area contributed by atoms with Gasteiger partial charge in [-0.3, -0.25) is 24.1 Å². The van der Waals surface area contributed by atoms with Crippen molar-refractivity contribution in [2.75, 3.05) is 26.2 Å². The number of likely N-dealkylation sites (tertiary alicyclic amines) is 1. The van der Waals surface area contributed by atoms with E-state index in [0.717, 1.165) is 25.9 Å². The van der Waals surface area contributed by atoms with Crippen LogP contribution in [-0.2, 0) is 28.8 Å². The van der Waals surface area contributed by atoms with Crippen LogP contribution in [0.25, 0.3) is 0 Å². The Labute approximate surface area is 176 Å². The lowest BCUT2D eigenvalue weighted by Gasteiger charge is -2.30. The first-order chi connectivity index (χ1) is 14.1. The van der Waals surface area contributed by atoms with E-state index in [2.05, 4.69) is 36.3 Å². The first-order valence-corrected chi connectivity index (χ1v) is 10.4. The number of nitrogens with one attached hydrogen (secondary N) is 2. The van der Waals surface area contributed by atoms with Crippen LogP contribution in [0.1, 0.15) is 59.3 Å². The van der Waals surface area contributed by atoms with Crippen LogP contribution >= 0.6 is 0 Å². The fourth-order valence-corrected chi connectivity index (χ4v) is 3.54. The minimum Gasteiger partial charge on any atom is -0.355 e. The van der Waals surface area contributed by atoms with Crippen LogP contribution in [0.4, 0.5) is 0 Å². The van der Waals surface area contributed by atoms with Gasteiger partial charge in [-0.15, -0.1) is 5.06 Å². The van der Waals surface area contributed by atoms with Crippen molar-refractivity contribution in [2.24, 2.45) is 5.41 Å². The highest BCUT2D eigenvalue weighted by Gasteiger charge is 2.33. The van der Waals surface area contributed by atoms with E-state index < -0.39 is 17.8 Å². The van der Waals surface area contributed by atoms with Crippen molar-refractivity contribution in [3.05, 3.63) is 0 Å². The SMILES string of the molecule is [13CH3]C([13CH3])([13CH3])[13CH2]N1CCCC1C(=O)[15NH][13CH2][13CH2][13C](=O)[15NH]CCC(=O)ON1C(=O)CCC1=O. The van der Waals surface area contributed by atoms with E-state index >= 15 is 0 Å². The van der Waals surface area contributed by atoms with Crippen molar-refractivity contribution in [2.45, 2.75) is 65.3 Å². The van der Waals surface area contributed by atoms with Crippen LogP contribution in [-0.4, -0.2) is 71.8 Å². The third-order valence-electron chi connectivity index (χ3n) is 4.85. The van der Waals surface area contributed by atoms with Gasteiger partial charge in [0.15, 0.2) is 0 Å². The summed E-state index contributed by atoms with van der Waals surface area (Å²) in [5, 5.41) is 5.85. The summed E-state index contributed by atoms with van der Waals surface area (Å²) < 4.78 is 0. The Kier molecular flexibility index (Phi) is 8.33. The summed E-state index contributed by atoms with van der Waals surface area (Å²) in [5.41, 5.74) is 0.110. The maximum Gasteiger partial charge on any atom is 0.334 e. The highest BCUT2D eigenvalue weighted by atomic mass is 16.7. The Morgan fingerprint density at radius 2 is 1.67 bits per heavy atom. The Hall–Kier alpha value is -2.49. The summed E-state index contributed by atoms with van der Waals surface area (Å²) in [6, 6.07) is -0.155. The molecule has 2 aliphatic heterocycles. The van der Waals surface area contributed by atoms with Crippen molar-refractivity contribution < 1.29 is 28.8 Å². The zero-order valence-corrected chi connectivity index (χ0v) is 18.0. The lowest BCUT2D eigenvalue weighted by Crippen LogP contribution is -2.46. The third-order valence-corrected chi connectivity index (χ3v) is 4.85. The Bertz CT molecular complexity index is 671. The number of hydrogen-bond acceptors (Lipinski definition) is 7. The highest BCUT2D eigenvalue weighted by molar-refractivity contribution is 6.01. The molecule has 0 saturated carbocycles. The molecular formula is C20H32N4O6. The van der Waals surface area contributed by atoms with Gasteiger partial charge in [-0.25, -0.2) is 4.79 Å². The number of hydroxylamine groups is 2. The van der Waals surface area contributed by atoms with E-state index in [1.54, 1.807) is 0 Å². The molecule has 2 fully saturated rings. The van der Waals surface area contributed by atoms with Gasteiger partial charge < -0.3 is 15.5 Å². The van der Waals surface area contributed by atoms with E-state index in [0.29, 0.717) is 5.06 Å². The van der Waals surface area contributed by atoms with E-state index in [1.165, 1.54) is 0 Å². The highest BCUT2D eigenvalue weighted by Crippen LogP contribution is 2.23. The normalized spacial score (nSPS) is 19.8. The van der Waals surface area contributed by atoms with E-state index in [1.807, 2.05) is 0 Å². The van der Waals surface area contributed by atoms with Gasteiger partial charge in [0.1, 0.15) is 0 Å². The number of carbonyl (C=O) groups is 5. The molecule has 1 atom stereocenters. The number of nitrogens with zero attached hydrogens (tertiary/aromatic N) is 2. The van der Waals surface area contributed by atoms with Gasteiger partial charge >= 0.3 is 5.97 Å². The smallest absolute Gasteiger partial charge is 0.334 e. The topological polar surface area (TPSA) is 125 Å². The number of imide groups is 1. The van der Waals surface area contributed by atoms with E-state index in [-0.39, 0.29) is 62.0 Å². The summed E-state index contributed by atoms with van der Waals surface area (Å²) in [4.78, 5) is 65.7. The summed E-state index contributed by atoms with van der Waals surface area (Å²) in [6.07, 6.45) is 1.79. The summed E-state index contributed by atoms with van der Waals surface area (Å²) in [5.74, 6) is -2.23. The molecule has 1 unspecified atom stereocenters. The largest absolute Gasteiger partial charge is 0.355 e. The lowest BCUT2D eigenvalue weighted by atomic mass is 10.2. The molecule has 168 valence electrons. The van der Waals surface area contributed by atoms with Crippen LogP contribution < -0.4 is 10.6 Å². The molecule has 4 amide bonds. The molecule has 2 aliphatic rings.